The molecule has 1 aromatic heterocycles. The SMILES string of the molecule is Cc1cc(/C=C2/C(=O)NC(=S)N(c3ccc(Br)cc3)C2=O)c(C)n1-c1ccccc1. The Bertz CT molecular complexity index is 1200. The van der Waals surface area contributed by atoms with Gasteiger partial charge >= 0.3 is 0 Å². The van der Waals surface area contributed by atoms with E-state index in [1.165, 1.54) is 4.90 Å². The van der Waals surface area contributed by atoms with Crippen LogP contribution in [0.1, 0.15) is 17.0 Å². The summed E-state index contributed by atoms with van der Waals surface area (Å²) in [6.45, 7) is 3.96. The third kappa shape index (κ3) is 3.62. The molecule has 1 N–H and O–H groups in total. The molecule has 2 heterocycles. The van der Waals surface area contributed by atoms with Crippen LogP contribution in [0.15, 0.2) is 70.7 Å². The number of para-hydroxylation sites is 1. The van der Waals surface area contributed by atoms with Crippen LogP contribution in [0.25, 0.3) is 11.8 Å². The van der Waals surface area contributed by atoms with Gasteiger partial charge in [-0.3, -0.25) is 19.8 Å². The highest BCUT2D eigenvalue weighted by molar-refractivity contribution is 9.10. The van der Waals surface area contributed by atoms with Crippen molar-refractivity contribution in [3.8, 4) is 5.69 Å². The van der Waals surface area contributed by atoms with Crippen LogP contribution in [-0.2, 0) is 9.59 Å². The molecule has 0 atom stereocenters. The molecular formula is C23H18BrN3O2S. The van der Waals surface area contributed by atoms with Crippen LogP contribution in [0.5, 0.6) is 0 Å². The van der Waals surface area contributed by atoms with Crippen molar-refractivity contribution < 1.29 is 9.59 Å². The molecule has 1 aliphatic heterocycles. The van der Waals surface area contributed by atoms with E-state index in [-0.39, 0.29) is 10.7 Å². The molecule has 1 aliphatic rings. The lowest BCUT2D eigenvalue weighted by Gasteiger charge is -2.29. The lowest BCUT2D eigenvalue weighted by Crippen LogP contribution is -2.54. The molecule has 0 unspecified atom stereocenters. The summed E-state index contributed by atoms with van der Waals surface area (Å²) in [6, 6.07) is 19.1. The number of carbonyl (C=O) groups excluding carboxylic acids is 2. The molecule has 1 fully saturated rings. The second-order valence-corrected chi connectivity index (χ2v) is 8.23. The maximum Gasteiger partial charge on any atom is 0.270 e. The summed E-state index contributed by atoms with van der Waals surface area (Å²) in [5, 5.41) is 2.70. The molecule has 150 valence electrons. The van der Waals surface area contributed by atoms with E-state index in [9.17, 15) is 9.59 Å². The second kappa shape index (κ2) is 8.01. The number of benzene rings is 2. The molecule has 2 amide bonds. The summed E-state index contributed by atoms with van der Waals surface area (Å²) in [6.07, 6.45) is 1.63. The predicted molar refractivity (Wildman–Crippen MR) is 126 cm³/mol. The van der Waals surface area contributed by atoms with Crippen LogP contribution < -0.4 is 10.2 Å². The van der Waals surface area contributed by atoms with Crippen molar-refractivity contribution in [1.82, 2.24) is 9.88 Å². The van der Waals surface area contributed by atoms with Gasteiger partial charge in [-0.2, -0.15) is 0 Å². The zero-order valence-corrected chi connectivity index (χ0v) is 18.8. The van der Waals surface area contributed by atoms with Gasteiger partial charge in [0.05, 0.1) is 5.69 Å². The van der Waals surface area contributed by atoms with Gasteiger partial charge in [0.1, 0.15) is 5.57 Å². The number of nitrogens with one attached hydrogen (secondary N) is 1. The number of hydrogen-bond acceptors (Lipinski definition) is 3. The van der Waals surface area contributed by atoms with E-state index in [0.29, 0.717) is 5.69 Å². The Labute approximate surface area is 188 Å². The number of nitrogens with zero attached hydrogens (tertiary/aromatic N) is 2. The molecule has 1 saturated heterocycles. The highest BCUT2D eigenvalue weighted by atomic mass is 79.9. The standard InChI is InChI=1S/C23H18BrN3O2S/c1-14-12-16(15(2)26(14)18-6-4-3-5-7-18)13-20-21(28)25-23(30)27(22(20)29)19-10-8-17(24)9-11-19/h3-13H,1-2H3,(H,25,28,30)/b20-13-. The van der Waals surface area contributed by atoms with Crippen molar-refractivity contribution in [3.05, 3.63) is 87.7 Å². The molecular weight excluding hydrogens is 462 g/mol. The summed E-state index contributed by atoms with van der Waals surface area (Å²) < 4.78 is 2.98. The Morgan fingerprint density at radius 3 is 2.30 bits per heavy atom. The normalized spacial score (nSPS) is 15.6. The Balaban J connectivity index is 1.76. The summed E-state index contributed by atoms with van der Waals surface area (Å²) in [4.78, 5) is 27.1. The highest BCUT2D eigenvalue weighted by Crippen LogP contribution is 2.26. The first-order valence-electron chi connectivity index (χ1n) is 9.28. The van der Waals surface area contributed by atoms with E-state index >= 15 is 0 Å². The van der Waals surface area contributed by atoms with Gasteiger partial charge in [0.15, 0.2) is 5.11 Å². The predicted octanol–water partition coefficient (Wildman–Crippen LogP) is 4.69. The minimum Gasteiger partial charge on any atom is -0.318 e. The van der Waals surface area contributed by atoms with Gasteiger partial charge in [-0.05, 0) is 80.2 Å². The first-order chi connectivity index (χ1) is 14.4. The quantitative estimate of drug-likeness (QED) is 0.336. The summed E-state index contributed by atoms with van der Waals surface area (Å²) in [5.41, 5.74) is 4.41. The van der Waals surface area contributed by atoms with Crippen molar-refractivity contribution in [2.24, 2.45) is 0 Å². The van der Waals surface area contributed by atoms with Crippen molar-refractivity contribution in [2.75, 3.05) is 4.90 Å². The van der Waals surface area contributed by atoms with Crippen LogP contribution >= 0.6 is 28.1 Å². The summed E-state index contributed by atoms with van der Waals surface area (Å²) in [5.74, 6) is -0.946. The maximum atomic E-state index is 13.2. The highest BCUT2D eigenvalue weighted by Gasteiger charge is 2.34. The third-order valence-corrected chi connectivity index (χ3v) is 5.78. The van der Waals surface area contributed by atoms with Gasteiger partial charge < -0.3 is 4.57 Å². The molecule has 0 spiro atoms. The number of carbonyl (C=O) groups is 2. The lowest BCUT2D eigenvalue weighted by molar-refractivity contribution is -0.122. The molecule has 0 bridgehead atoms. The second-order valence-electron chi connectivity index (χ2n) is 6.93. The van der Waals surface area contributed by atoms with E-state index in [4.69, 9.17) is 12.2 Å². The monoisotopic (exact) mass is 479 g/mol. The van der Waals surface area contributed by atoms with Gasteiger partial charge in [0, 0.05) is 21.5 Å². The van der Waals surface area contributed by atoms with Gasteiger partial charge in [0.25, 0.3) is 11.8 Å². The van der Waals surface area contributed by atoms with Crippen LogP contribution in [0.2, 0.25) is 0 Å². The van der Waals surface area contributed by atoms with Crippen LogP contribution in [-0.4, -0.2) is 21.5 Å². The van der Waals surface area contributed by atoms with Gasteiger partial charge in [0.2, 0.25) is 0 Å². The Morgan fingerprint density at radius 2 is 1.63 bits per heavy atom. The Kier molecular flexibility index (Phi) is 5.40. The van der Waals surface area contributed by atoms with Crippen LogP contribution in [0, 0.1) is 13.8 Å². The average Bonchev–Trinajstić information content (AvgIpc) is 3.00. The molecule has 7 heteroatoms. The Hall–Kier alpha value is -3.03. The van der Waals surface area contributed by atoms with E-state index in [1.807, 2.05) is 62.4 Å². The zero-order chi connectivity index (χ0) is 21.4. The number of thiocarbonyl (C=S) groups is 1. The fraction of sp³-hybridized carbons (Fsp3) is 0.0870. The van der Waals surface area contributed by atoms with Crippen molar-refractivity contribution in [1.29, 1.82) is 0 Å². The van der Waals surface area contributed by atoms with Gasteiger partial charge in [-0.15, -0.1) is 0 Å². The zero-order valence-electron chi connectivity index (χ0n) is 16.3. The maximum absolute atomic E-state index is 13.2. The molecule has 5 nitrogen and oxygen atoms in total. The number of aryl methyl sites for hydroxylation is 1. The summed E-state index contributed by atoms with van der Waals surface area (Å²) in [7, 11) is 0. The average molecular weight is 480 g/mol. The van der Waals surface area contributed by atoms with Crippen molar-refractivity contribution >= 4 is 56.8 Å². The first-order valence-corrected chi connectivity index (χ1v) is 10.5. The van der Waals surface area contributed by atoms with E-state index in [1.54, 1.807) is 18.2 Å². The fourth-order valence-corrected chi connectivity index (χ4v) is 4.09. The number of amides is 2. The van der Waals surface area contributed by atoms with Gasteiger partial charge in [-0.25, -0.2) is 0 Å². The topological polar surface area (TPSA) is 54.3 Å². The minimum absolute atomic E-state index is 0.0415. The molecule has 4 rings (SSSR count). The van der Waals surface area contributed by atoms with Crippen LogP contribution in [0.4, 0.5) is 5.69 Å². The molecule has 0 aliphatic carbocycles. The smallest absolute Gasteiger partial charge is 0.270 e. The van der Waals surface area contributed by atoms with E-state index in [2.05, 4.69) is 25.8 Å². The molecule has 2 aromatic carbocycles. The number of halogens is 1. The molecule has 0 radical (unpaired) electrons. The van der Waals surface area contributed by atoms with E-state index < -0.39 is 11.8 Å². The third-order valence-electron chi connectivity index (χ3n) is 4.97. The van der Waals surface area contributed by atoms with Crippen molar-refractivity contribution in [2.45, 2.75) is 13.8 Å². The van der Waals surface area contributed by atoms with Gasteiger partial charge in [-0.1, -0.05) is 34.1 Å². The van der Waals surface area contributed by atoms with E-state index in [0.717, 1.165) is 27.1 Å². The number of rotatable bonds is 3. The molecule has 0 saturated carbocycles. The molecule has 3 aromatic rings. The summed E-state index contributed by atoms with van der Waals surface area (Å²) >= 11 is 8.64. The minimum atomic E-state index is -0.497. The Morgan fingerprint density at radius 1 is 0.967 bits per heavy atom. The van der Waals surface area contributed by atoms with Crippen molar-refractivity contribution in [3.63, 3.8) is 0 Å². The number of hydrogen-bond donors (Lipinski definition) is 1. The fourth-order valence-electron chi connectivity index (χ4n) is 3.55. The van der Waals surface area contributed by atoms with Crippen LogP contribution in [0.3, 0.4) is 0 Å². The lowest BCUT2D eigenvalue weighted by atomic mass is 10.1. The largest absolute Gasteiger partial charge is 0.318 e. The first kappa shape index (κ1) is 20.3. The molecule has 30 heavy (non-hydrogen) atoms. The number of anilines is 1. The number of aromatic nitrogens is 1.